The summed E-state index contributed by atoms with van der Waals surface area (Å²) in [4.78, 5) is 22.3. The molecule has 1 heterocycles. The fourth-order valence-electron chi connectivity index (χ4n) is 3.39. The van der Waals surface area contributed by atoms with E-state index in [0.717, 1.165) is 32.7 Å². The van der Waals surface area contributed by atoms with Gasteiger partial charge in [0.25, 0.3) is 5.91 Å². The molecule has 0 aliphatic heterocycles. The Morgan fingerprint density at radius 2 is 1.70 bits per heavy atom. The van der Waals surface area contributed by atoms with E-state index in [1.807, 2.05) is 55.4 Å². The van der Waals surface area contributed by atoms with E-state index >= 15 is 0 Å². The van der Waals surface area contributed by atoms with E-state index in [1.54, 1.807) is 11.3 Å². The highest BCUT2D eigenvalue weighted by atomic mass is 35.5. The van der Waals surface area contributed by atoms with Crippen molar-refractivity contribution in [3.63, 3.8) is 0 Å². The SMILES string of the molecule is Cc1ccc2sc(N(CCN(C)C)C(=O)c3ccc4ccccc4c3)nc2c1C.Cl. The number of carbonyl (C=O) groups is 1. The van der Waals surface area contributed by atoms with E-state index in [-0.39, 0.29) is 18.3 Å². The molecule has 0 aliphatic carbocycles. The largest absolute Gasteiger partial charge is 0.308 e. The first-order chi connectivity index (χ1) is 13.9. The Labute approximate surface area is 187 Å². The Morgan fingerprint density at radius 1 is 0.967 bits per heavy atom. The van der Waals surface area contributed by atoms with Crippen LogP contribution >= 0.6 is 23.7 Å². The van der Waals surface area contributed by atoms with E-state index in [0.29, 0.717) is 12.1 Å². The predicted molar refractivity (Wildman–Crippen MR) is 131 cm³/mol. The Hall–Kier alpha value is -2.47. The number of anilines is 1. The Balaban J connectivity index is 0.00000256. The van der Waals surface area contributed by atoms with Gasteiger partial charge in [-0.05, 0) is 68.0 Å². The zero-order chi connectivity index (χ0) is 20.5. The number of likely N-dealkylation sites (N-methyl/N-ethyl adjacent to an activating group) is 1. The lowest BCUT2D eigenvalue weighted by atomic mass is 10.1. The third-order valence-electron chi connectivity index (χ3n) is 5.32. The normalized spacial score (nSPS) is 11.1. The minimum atomic E-state index is -0.00830. The van der Waals surface area contributed by atoms with Crippen LogP contribution in [0.3, 0.4) is 0 Å². The summed E-state index contributed by atoms with van der Waals surface area (Å²) >= 11 is 1.58. The summed E-state index contributed by atoms with van der Waals surface area (Å²) in [5.41, 5.74) is 4.08. The number of halogens is 1. The Bertz CT molecular complexity index is 1200. The molecule has 0 radical (unpaired) electrons. The van der Waals surface area contributed by atoms with Gasteiger partial charge in [-0.15, -0.1) is 12.4 Å². The van der Waals surface area contributed by atoms with Crippen LogP contribution < -0.4 is 4.90 Å². The number of benzene rings is 3. The molecule has 0 fully saturated rings. The van der Waals surface area contributed by atoms with Gasteiger partial charge in [-0.2, -0.15) is 0 Å². The molecule has 30 heavy (non-hydrogen) atoms. The molecule has 0 bridgehead atoms. The lowest BCUT2D eigenvalue weighted by Gasteiger charge is -2.22. The summed E-state index contributed by atoms with van der Waals surface area (Å²) in [7, 11) is 4.04. The minimum Gasteiger partial charge on any atom is -0.308 e. The second-order valence-electron chi connectivity index (χ2n) is 7.67. The molecule has 0 spiro atoms. The lowest BCUT2D eigenvalue weighted by Crippen LogP contribution is -2.36. The fraction of sp³-hybridized carbons (Fsp3) is 0.250. The van der Waals surface area contributed by atoms with Crippen molar-refractivity contribution in [2.45, 2.75) is 13.8 Å². The molecule has 156 valence electrons. The van der Waals surface area contributed by atoms with Crippen molar-refractivity contribution in [3.05, 3.63) is 71.3 Å². The molecule has 4 aromatic rings. The van der Waals surface area contributed by atoms with Gasteiger partial charge in [0.1, 0.15) is 0 Å². The topological polar surface area (TPSA) is 36.4 Å². The molecule has 1 amide bonds. The number of thiazole rings is 1. The van der Waals surface area contributed by atoms with Crippen LogP contribution in [-0.2, 0) is 0 Å². The van der Waals surface area contributed by atoms with E-state index in [2.05, 4.69) is 36.9 Å². The van der Waals surface area contributed by atoms with Crippen LogP contribution in [0.5, 0.6) is 0 Å². The third-order valence-corrected chi connectivity index (χ3v) is 6.36. The summed E-state index contributed by atoms with van der Waals surface area (Å²) in [6, 6.07) is 18.2. The van der Waals surface area contributed by atoms with E-state index in [4.69, 9.17) is 4.98 Å². The second-order valence-corrected chi connectivity index (χ2v) is 8.68. The molecule has 1 aromatic heterocycles. The van der Waals surface area contributed by atoms with Crippen molar-refractivity contribution in [2.24, 2.45) is 0 Å². The molecule has 0 saturated carbocycles. The van der Waals surface area contributed by atoms with Gasteiger partial charge in [-0.1, -0.05) is 47.7 Å². The molecule has 0 saturated heterocycles. The van der Waals surface area contributed by atoms with Crippen LogP contribution in [0, 0.1) is 13.8 Å². The predicted octanol–water partition coefficient (Wildman–Crippen LogP) is 5.70. The highest BCUT2D eigenvalue weighted by molar-refractivity contribution is 7.22. The first-order valence-corrected chi connectivity index (χ1v) is 10.6. The molecular formula is C24H26ClN3OS. The Kier molecular flexibility index (Phi) is 6.76. The van der Waals surface area contributed by atoms with Gasteiger partial charge in [-0.25, -0.2) is 4.98 Å². The number of hydrogen-bond acceptors (Lipinski definition) is 4. The summed E-state index contributed by atoms with van der Waals surface area (Å²) in [6.45, 7) is 5.55. The monoisotopic (exact) mass is 439 g/mol. The van der Waals surface area contributed by atoms with Crippen molar-refractivity contribution in [2.75, 3.05) is 32.1 Å². The van der Waals surface area contributed by atoms with Crippen LogP contribution in [0.15, 0.2) is 54.6 Å². The smallest absolute Gasteiger partial charge is 0.260 e. The number of amides is 1. The summed E-state index contributed by atoms with van der Waals surface area (Å²) in [6.07, 6.45) is 0. The second kappa shape index (κ2) is 9.13. The van der Waals surface area contributed by atoms with Crippen molar-refractivity contribution in [1.29, 1.82) is 0 Å². The molecule has 0 N–H and O–H groups in total. The van der Waals surface area contributed by atoms with Crippen molar-refractivity contribution in [1.82, 2.24) is 9.88 Å². The number of carbonyl (C=O) groups excluding carboxylic acids is 1. The minimum absolute atomic E-state index is 0. The number of fused-ring (bicyclic) bond motifs is 2. The number of aromatic nitrogens is 1. The van der Waals surface area contributed by atoms with Crippen LogP contribution in [0.25, 0.3) is 21.0 Å². The first kappa shape index (κ1) is 22.2. The van der Waals surface area contributed by atoms with E-state index in [9.17, 15) is 4.79 Å². The number of aryl methyl sites for hydroxylation is 2. The molecule has 0 aliphatic rings. The average Bonchev–Trinajstić information content (AvgIpc) is 3.15. The highest BCUT2D eigenvalue weighted by Crippen LogP contribution is 2.32. The number of rotatable bonds is 5. The maximum atomic E-state index is 13.5. The maximum Gasteiger partial charge on any atom is 0.260 e. The van der Waals surface area contributed by atoms with Gasteiger partial charge in [0, 0.05) is 18.7 Å². The third kappa shape index (κ3) is 4.33. The van der Waals surface area contributed by atoms with Crippen molar-refractivity contribution >= 4 is 55.8 Å². The molecule has 4 nitrogen and oxygen atoms in total. The van der Waals surface area contributed by atoms with Crippen molar-refractivity contribution < 1.29 is 4.79 Å². The van der Waals surface area contributed by atoms with Gasteiger partial charge in [-0.3, -0.25) is 9.69 Å². The van der Waals surface area contributed by atoms with Crippen LogP contribution in [-0.4, -0.2) is 43.0 Å². The highest BCUT2D eigenvalue weighted by Gasteiger charge is 2.22. The lowest BCUT2D eigenvalue weighted by molar-refractivity contribution is 0.0985. The quantitative estimate of drug-likeness (QED) is 0.400. The fourth-order valence-corrected chi connectivity index (χ4v) is 4.44. The Morgan fingerprint density at radius 3 is 2.43 bits per heavy atom. The van der Waals surface area contributed by atoms with E-state index < -0.39 is 0 Å². The molecule has 0 unspecified atom stereocenters. The van der Waals surface area contributed by atoms with Crippen molar-refractivity contribution in [3.8, 4) is 0 Å². The van der Waals surface area contributed by atoms with Gasteiger partial charge in [0.05, 0.1) is 10.2 Å². The van der Waals surface area contributed by atoms with Gasteiger partial charge in [0.15, 0.2) is 5.13 Å². The van der Waals surface area contributed by atoms with Crippen LogP contribution in [0.4, 0.5) is 5.13 Å². The molecular weight excluding hydrogens is 414 g/mol. The average molecular weight is 440 g/mol. The summed E-state index contributed by atoms with van der Waals surface area (Å²) in [5.74, 6) is -0.00830. The number of hydrogen-bond donors (Lipinski definition) is 0. The van der Waals surface area contributed by atoms with Gasteiger partial charge < -0.3 is 4.90 Å². The standard InChI is InChI=1S/C24H25N3OS.ClH/c1-16-9-12-21-22(17(16)2)25-24(29-21)27(14-13-26(3)4)23(28)20-11-10-18-7-5-6-8-19(18)15-20;/h5-12,15H,13-14H2,1-4H3;1H. The van der Waals surface area contributed by atoms with Gasteiger partial charge in [0.2, 0.25) is 0 Å². The summed E-state index contributed by atoms with van der Waals surface area (Å²) < 4.78 is 1.12. The summed E-state index contributed by atoms with van der Waals surface area (Å²) in [5, 5.41) is 2.96. The molecule has 6 heteroatoms. The van der Waals surface area contributed by atoms with Crippen LogP contribution in [0.1, 0.15) is 21.5 Å². The van der Waals surface area contributed by atoms with Crippen LogP contribution in [0.2, 0.25) is 0 Å². The van der Waals surface area contributed by atoms with E-state index in [1.165, 1.54) is 11.1 Å². The molecule has 0 atom stereocenters. The first-order valence-electron chi connectivity index (χ1n) is 9.76. The zero-order valence-corrected chi connectivity index (χ0v) is 19.3. The molecule has 4 rings (SSSR count). The number of nitrogens with zero attached hydrogens (tertiary/aromatic N) is 3. The zero-order valence-electron chi connectivity index (χ0n) is 17.7. The molecule has 3 aromatic carbocycles. The maximum absolute atomic E-state index is 13.5. The van der Waals surface area contributed by atoms with Gasteiger partial charge >= 0.3 is 0 Å².